The van der Waals surface area contributed by atoms with Gasteiger partial charge in [0.2, 0.25) is 5.82 Å². The molecule has 126 valence electrons. The minimum Gasteiger partial charge on any atom is -0.497 e. The van der Waals surface area contributed by atoms with Gasteiger partial charge in [-0.1, -0.05) is 11.2 Å². The van der Waals surface area contributed by atoms with Gasteiger partial charge in [-0.15, -0.1) is 11.3 Å². The van der Waals surface area contributed by atoms with E-state index in [1.165, 1.54) is 0 Å². The van der Waals surface area contributed by atoms with Crippen molar-refractivity contribution in [2.75, 3.05) is 7.11 Å². The van der Waals surface area contributed by atoms with Gasteiger partial charge in [0.1, 0.15) is 23.9 Å². The van der Waals surface area contributed by atoms with E-state index in [4.69, 9.17) is 18.4 Å². The Morgan fingerprint density at radius 1 is 1.04 bits per heavy atom. The molecule has 0 aliphatic rings. The summed E-state index contributed by atoms with van der Waals surface area (Å²) in [6, 6.07) is 14.9. The van der Waals surface area contributed by atoms with Crippen LogP contribution in [0.4, 0.5) is 0 Å². The zero-order valence-electron chi connectivity index (χ0n) is 13.3. The van der Waals surface area contributed by atoms with Crippen LogP contribution in [0.1, 0.15) is 5.76 Å². The second kappa shape index (κ2) is 6.82. The van der Waals surface area contributed by atoms with Crippen molar-refractivity contribution < 1.29 is 18.4 Å². The van der Waals surface area contributed by atoms with Crippen molar-refractivity contribution in [3.8, 4) is 33.9 Å². The lowest BCUT2D eigenvalue weighted by atomic mass is 10.3. The molecule has 0 aliphatic heterocycles. The zero-order chi connectivity index (χ0) is 17.1. The molecule has 6 nitrogen and oxygen atoms in total. The summed E-state index contributed by atoms with van der Waals surface area (Å²) in [5, 5.41) is 5.94. The van der Waals surface area contributed by atoms with Crippen molar-refractivity contribution in [3.05, 3.63) is 59.7 Å². The normalized spacial score (nSPS) is 10.8. The molecule has 0 spiro atoms. The minimum absolute atomic E-state index is 0.304. The van der Waals surface area contributed by atoms with Gasteiger partial charge in [0.15, 0.2) is 5.76 Å². The van der Waals surface area contributed by atoms with E-state index in [0.717, 1.165) is 16.4 Å². The summed E-state index contributed by atoms with van der Waals surface area (Å²) >= 11 is 1.55. The Kier molecular flexibility index (Phi) is 4.22. The Morgan fingerprint density at radius 3 is 2.64 bits per heavy atom. The maximum Gasteiger partial charge on any atom is 0.293 e. The van der Waals surface area contributed by atoms with Crippen LogP contribution < -0.4 is 9.47 Å². The molecule has 0 amide bonds. The molecular formula is C18H14N2O4S. The van der Waals surface area contributed by atoms with Gasteiger partial charge in [-0.2, -0.15) is 4.98 Å². The first-order valence-electron chi connectivity index (χ1n) is 7.55. The fraction of sp³-hybridized carbons (Fsp3) is 0.111. The lowest BCUT2D eigenvalue weighted by molar-refractivity contribution is 0.270. The first-order valence-corrected chi connectivity index (χ1v) is 8.43. The number of ether oxygens (including phenoxy) is 2. The molecule has 0 bridgehead atoms. The van der Waals surface area contributed by atoms with Crippen molar-refractivity contribution in [1.29, 1.82) is 0 Å². The van der Waals surface area contributed by atoms with E-state index in [9.17, 15) is 0 Å². The summed E-state index contributed by atoms with van der Waals surface area (Å²) in [6.07, 6.45) is 0. The molecule has 4 rings (SSSR count). The third kappa shape index (κ3) is 3.41. The van der Waals surface area contributed by atoms with Crippen LogP contribution in [0.5, 0.6) is 11.5 Å². The molecule has 1 aromatic carbocycles. The average molecular weight is 354 g/mol. The summed E-state index contributed by atoms with van der Waals surface area (Å²) < 4.78 is 21.8. The molecule has 0 aliphatic carbocycles. The standard InChI is InChI=1S/C18H14N2O4S/c1-21-12-4-6-13(7-5-12)22-11-14-8-9-15(23-14)18-19-17(20-24-18)16-3-2-10-25-16/h2-10H,11H2,1H3. The molecule has 0 unspecified atom stereocenters. The number of benzene rings is 1. The van der Waals surface area contributed by atoms with Crippen LogP contribution in [-0.2, 0) is 6.61 Å². The molecule has 0 saturated carbocycles. The van der Waals surface area contributed by atoms with E-state index >= 15 is 0 Å². The molecule has 0 saturated heterocycles. The van der Waals surface area contributed by atoms with E-state index in [2.05, 4.69) is 10.1 Å². The Balaban J connectivity index is 1.43. The van der Waals surface area contributed by atoms with Crippen LogP contribution in [-0.4, -0.2) is 17.3 Å². The quantitative estimate of drug-likeness (QED) is 0.502. The highest BCUT2D eigenvalue weighted by atomic mass is 32.1. The summed E-state index contributed by atoms with van der Waals surface area (Å²) in [5.41, 5.74) is 0. The van der Waals surface area contributed by atoms with Crippen LogP contribution in [0.15, 0.2) is 62.9 Å². The largest absolute Gasteiger partial charge is 0.497 e. The Morgan fingerprint density at radius 2 is 1.88 bits per heavy atom. The summed E-state index contributed by atoms with van der Waals surface area (Å²) in [7, 11) is 1.63. The minimum atomic E-state index is 0.304. The van der Waals surface area contributed by atoms with E-state index in [1.54, 1.807) is 24.5 Å². The number of rotatable bonds is 6. The zero-order valence-corrected chi connectivity index (χ0v) is 14.2. The SMILES string of the molecule is COc1ccc(OCc2ccc(-c3nc(-c4cccs4)no3)o2)cc1. The van der Waals surface area contributed by atoms with E-state index < -0.39 is 0 Å². The molecule has 4 aromatic rings. The first kappa shape index (κ1) is 15.5. The fourth-order valence-corrected chi connectivity index (χ4v) is 2.88. The van der Waals surface area contributed by atoms with Crippen LogP contribution in [0, 0.1) is 0 Å². The van der Waals surface area contributed by atoms with Crippen LogP contribution in [0.2, 0.25) is 0 Å². The van der Waals surface area contributed by atoms with E-state index in [1.807, 2.05) is 47.8 Å². The molecule has 25 heavy (non-hydrogen) atoms. The van der Waals surface area contributed by atoms with Crippen molar-refractivity contribution in [2.24, 2.45) is 0 Å². The van der Waals surface area contributed by atoms with E-state index in [-0.39, 0.29) is 0 Å². The number of hydrogen-bond donors (Lipinski definition) is 0. The number of hydrogen-bond acceptors (Lipinski definition) is 7. The molecule has 0 N–H and O–H groups in total. The van der Waals surface area contributed by atoms with Gasteiger partial charge in [0.05, 0.1) is 12.0 Å². The first-order chi connectivity index (χ1) is 12.3. The van der Waals surface area contributed by atoms with Gasteiger partial charge in [-0.3, -0.25) is 0 Å². The smallest absolute Gasteiger partial charge is 0.293 e. The highest BCUT2D eigenvalue weighted by Gasteiger charge is 2.15. The number of thiophene rings is 1. The Hall–Kier alpha value is -3.06. The lowest BCUT2D eigenvalue weighted by Gasteiger charge is -2.05. The molecule has 0 radical (unpaired) electrons. The highest BCUT2D eigenvalue weighted by Crippen LogP contribution is 2.27. The monoisotopic (exact) mass is 354 g/mol. The van der Waals surface area contributed by atoms with Crippen molar-refractivity contribution in [3.63, 3.8) is 0 Å². The van der Waals surface area contributed by atoms with Crippen LogP contribution >= 0.6 is 11.3 Å². The molecule has 0 atom stereocenters. The second-order valence-corrected chi connectivity index (χ2v) is 6.08. The van der Waals surface area contributed by atoms with E-state index in [0.29, 0.717) is 29.8 Å². The third-order valence-electron chi connectivity index (χ3n) is 3.48. The second-order valence-electron chi connectivity index (χ2n) is 5.13. The number of nitrogens with zero attached hydrogens (tertiary/aromatic N) is 2. The van der Waals surface area contributed by atoms with Gasteiger partial charge in [-0.05, 0) is 47.8 Å². The summed E-state index contributed by atoms with van der Waals surface area (Å²) in [5.74, 6) is 3.60. The van der Waals surface area contributed by atoms with Gasteiger partial charge < -0.3 is 18.4 Å². The molecule has 7 heteroatoms. The fourth-order valence-electron chi connectivity index (χ4n) is 2.23. The van der Waals surface area contributed by atoms with Crippen LogP contribution in [0.3, 0.4) is 0 Å². The van der Waals surface area contributed by atoms with Gasteiger partial charge in [-0.25, -0.2) is 0 Å². The molecule has 3 heterocycles. The Bertz CT molecular complexity index is 942. The van der Waals surface area contributed by atoms with Crippen molar-refractivity contribution >= 4 is 11.3 Å². The number of methoxy groups -OCH3 is 1. The number of furan rings is 1. The van der Waals surface area contributed by atoms with Gasteiger partial charge in [0, 0.05) is 0 Å². The van der Waals surface area contributed by atoms with Crippen molar-refractivity contribution in [1.82, 2.24) is 10.1 Å². The highest BCUT2D eigenvalue weighted by molar-refractivity contribution is 7.13. The maximum absolute atomic E-state index is 5.72. The Labute approximate surface area is 147 Å². The topological polar surface area (TPSA) is 70.5 Å². The molecule has 0 fully saturated rings. The van der Waals surface area contributed by atoms with Crippen molar-refractivity contribution in [2.45, 2.75) is 6.61 Å². The molecular weight excluding hydrogens is 340 g/mol. The lowest BCUT2D eigenvalue weighted by Crippen LogP contribution is -1.93. The number of aromatic nitrogens is 2. The molecule has 3 aromatic heterocycles. The van der Waals surface area contributed by atoms with Gasteiger partial charge in [0.25, 0.3) is 5.89 Å². The third-order valence-corrected chi connectivity index (χ3v) is 4.35. The average Bonchev–Trinajstić information content (AvgIpc) is 3.40. The van der Waals surface area contributed by atoms with Crippen LogP contribution in [0.25, 0.3) is 22.4 Å². The summed E-state index contributed by atoms with van der Waals surface area (Å²) in [6.45, 7) is 0.304. The predicted octanol–water partition coefficient (Wildman–Crippen LogP) is 4.65. The summed E-state index contributed by atoms with van der Waals surface area (Å²) in [4.78, 5) is 5.31. The maximum atomic E-state index is 5.72. The van der Waals surface area contributed by atoms with Gasteiger partial charge >= 0.3 is 0 Å². The predicted molar refractivity (Wildman–Crippen MR) is 92.6 cm³/mol.